The standard InChI is InChI=1S/C18H24F3NO4S/c1-13(26-12-18(19,20)21)17(23)22-15-7-5-6-14(10-15)11-27(24,25)16-8-3-2-4-9-16/h5-7,10,13,16H,2-4,8-9,11-12H2,1H3,(H,22,23). The molecule has 0 bridgehead atoms. The molecule has 1 amide bonds. The third-order valence-corrected chi connectivity index (χ3v) is 6.71. The summed E-state index contributed by atoms with van der Waals surface area (Å²) in [5, 5.41) is 2.12. The smallest absolute Gasteiger partial charge is 0.359 e. The number of alkyl halides is 3. The molecule has 1 aliphatic carbocycles. The second-order valence-corrected chi connectivity index (χ2v) is 9.11. The van der Waals surface area contributed by atoms with Gasteiger partial charge in [-0.1, -0.05) is 31.4 Å². The van der Waals surface area contributed by atoms with Crippen LogP contribution in [0.1, 0.15) is 44.6 Å². The van der Waals surface area contributed by atoms with Gasteiger partial charge in [0.05, 0.1) is 11.0 Å². The van der Waals surface area contributed by atoms with E-state index in [1.54, 1.807) is 18.2 Å². The zero-order valence-electron chi connectivity index (χ0n) is 15.1. The highest BCUT2D eigenvalue weighted by Gasteiger charge is 2.30. The van der Waals surface area contributed by atoms with Crippen molar-refractivity contribution in [2.45, 2.75) is 62.3 Å². The van der Waals surface area contributed by atoms with Gasteiger partial charge in [0.25, 0.3) is 5.91 Å². The van der Waals surface area contributed by atoms with Crippen molar-refractivity contribution in [2.24, 2.45) is 0 Å². The molecule has 1 fully saturated rings. The molecule has 152 valence electrons. The molecule has 0 saturated heterocycles. The van der Waals surface area contributed by atoms with Gasteiger partial charge < -0.3 is 10.1 Å². The Hall–Kier alpha value is -1.61. The van der Waals surface area contributed by atoms with E-state index < -0.39 is 34.6 Å². The molecule has 1 aromatic carbocycles. The van der Waals surface area contributed by atoms with E-state index in [1.807, 2.05) is 0 Å². The normalized spacial score (nSPS) is 17.5. The number of rotatable bonds is 7. The Morgan fingerprint density at radius 2 is 1.93 bits per heavy atom. The Balaban J connectivity index is 1.97. The van der Waals surface area contributed by atoms with Crippen LogP contribution in [0.15, 0.2) is 24.3 Å². The Morgan fingerprint density at radius 3 is 2.56 bits per heavy atom. The van der Waals surface area contributed by atoms with E-state index in [2.05, 4.69) is 10.1 Å². The number of benzene rings is 1. The van der Waals surface area contributed by atoms with Gasteiger partial charge in [-0.05, 0) is 37.5 Å². The highest BCUT2D eigenvalue weighted by molar-refractivity contribution is 7.91. The van der Waals surface area contributed by atoms with Crippen LogP contribution in [0.4, 0.5) is 18.9 Å². The van der Waals surface area contributed by atoms with Crippen LogP contribution in [0.2, 0.25) is 0 Å². The Labute approximate surface area is 157 Å². The fourth-order valence-electron chi connectivity index (χ4n) is 3.05. The molecule has 1 N–H and O–H groups in total. The second kappa shape index (κ2) is 9.05. The molecule has 1 unspecified atom stereocenters. The Kier molecular flexibility index (Phi) is 7.27. The van der Waals surface area contributed by atoms with Crippen molar-refractivity contribution < 1.29 is 31.1 Å². The van der Waals surface area contributed by atoms with Crippen molar-refractivity contribution >= 4 is 21.4 Å². The van der Waals surface area contributed by atoms with Gasteiger partial charge in [-0.15, -0.1) is 0 Å². The fourth-order valence-corrected chi connectivity index (χ4v) is 4.98. The lowest BCUT2D eigenvalue weighted by molar-refractivity contribution is -0.184. The molecule has 0 heterocycles. The van der Waals surface area contributed by atoms with Crippen LogP contribution in [0.5, 0.6) is 0 Å². The summed E-state index contributed by atoms with van der Waals surface area (Å²) in [7, 11) is -3.29. The monoisotopic (exact) mass is 407 g/mol. The van der Waals surface area contributed by atoms with Crippen molar-refractivity contribution in [2.75, 3.05) is 11.9 Å². The summed E-state index contributed by atoms with van der Waals surface area (Å²) in [6.07, 6.45) is -1.57. The van der Waals surface area contributed by atoms with E-state index >= 15 is 0 Å². The van der Waals surface area contributed by atoms with Gasteiger partial charge in [-0.2, -0.15) is 13.2 Å². The summed E-state index contributed by atoms with van der Waals surface area (Å²) >= 11 is 0. The molecule has 5 nitrogen and oxygen atoms in total. The first-order chi connectivity index (χ1) is 12.6. The quantitative estimate of drug-likeness (QED) is 0.745. The number of amides is 1. The van der Waals surface area contributed by atoms with Crippen molar-refractivity contribution in [3.05, 3.63) is 29.8 Å². The second-order valence-electron chi connectivity index (χ2n) is 6.83. The molecule has 1 aromatic rings. The van der Waals surface area contributed by atoms with Crippen LogP contribution in [0, 0.1) is 0 Å². The van der Waals surface area contributed by atoms with E-state index in [4.69, 9.17) is 0 Å². The van der Waals surface area contributed by atoms with Crippen LogP contribution in [0.25, 0.3) is 0 Å². The average molecular weight is 407 g/mol. The topological polar surface area (TPSA) is 72.5 Å². The number of halogens is 3. The largest absolute Gasteiger partial charge is 0.411 e. The van der Waals surface area contributed by atoms with Gasteiger partial charge >= 0.3 is 6.18 Å². The maximum Gasteiger partial charge on any atom is 0.411 e. The van der Waals surface area contributed by atoms with Gasteiger partial charge in [0.15, 0.2) is 9.84 Å². The third-order valence-electron chi connectivity index (χ3n) is 4.49. The molecule has 1 saturated carbocycles. The number of sulfone groups is 1. The zero-order valence-corrected chi connectivity index (χ0v) is 15.9. The molecule has 0 aliphatic heterocycles. The van der Waals surface area contributed by atoms with Gasteiger partial charge in [0.2, 0.25) is 0 Å². The van der Waals surface area contributed by atoms with E-state index in [0.29, 0.717) is 24.1 Å². The predicted molar refractivity (Wildman–Crippen MR) is 96.0 cm³/mol. The molecular formula is C18H24F3NO4S. The summed E-state index contributed by atoms with van der Waals surface area (Å²) in [6, 6.07) is 6.32. The summed E-state index contributed by atoms with van der Waals surface area (Å²) in [4.78, 5) is 12.0. The number of hydrogen-bond acceptors (Lipinski definition) is 4. The van der Waals surface area contributed by atoms with Gasteiger partial charge in [-0.3, -0.25) is 4.79 Å². The lowest BCUT2D eigenvalue weighted by Gasteiger charge is -2.22. The SMILES string of the molecule is CC(OCC(F)(F)F)C(=O)Nc1cccc(CS(=O)(=O)C2CCCCC2)c1. The summed E-state index contributed by atoms with van der Waals surface area (Å²) < 4.78 is 66.1. The number of nitrogens with one attached hydrogen (secondary N) is 1. The summed E-state index contributed by atoms with van der Waals surface area (Å²) in [5.74, 6) is -0.854. The van der Waals surface area contributed by atoms with Crippen LogP contribution in [-0.4, -0.2) is 38.5 Å². The minimum atomic E-state index is -4.51. The lowest BCUT2D eigenvalue weighted by Crippen LogP contribution is -2.31. The van der Waals surface area contributed by atoms with Crippen molar-refractivity contribution in [3.8, 4) is 0 Å². The molecule has 0 radical (unpaired) electrons. The molecule has 27 heavy (non-hydrogen) atoms. The van der Waals surface area contributed by atoms with Gasteiger partial charge in [-0.25, -0.2) is 8.42 Å². The first-order valence-corrected chi connectivity index (χ1v) is 10.6. The fraction of sp³-hybridized carbons (Fsp3) is 0.611. The van der Waals surface area contributed by atoms with Crippen LogP contribution in [-0.2, 0) is 25.1 Å². The van der Waals surface area contributed by atoms with Crippen LogP contribution in [0.3, 0.4) is 0 Å². The highest BCUT2D eigenvalue weighted by Crippen LogP contribution is 2.26. The van der Waals surface area contributed by atoms with Gasteiger partial charge in [0.1, 0.15) is 12.7 Å². The first-order valence-electron chi connectivity index (χ1n) is 8.86. The van der Waals surface area contributed by atoms with E-state index in [1.165, 1.54) is 13.0 Å². The maximum absolute atomic E-state index is 12.6. The average Bonchev–Trinajstić information content (AvgIpc) is 2.59. The van der Waals surface area contributed by atoms with Crippen molar-refractivity contribution in [3.63, 3.8) is 0 Å². The van der Waals surface area contributed by atoms with Crippen LogP contribution < -0.4 is 5.32 Å². The molecule has 9 heteroatoms. The molecule has 0 aromatic heterocycles. The van der Waals surface area contributed by atoms with E-state index in [9.17, 15) is 26.4 Å². The predicted octanol–water partition coefficient (Wildman–Crippen LogP) is 3.84. The number of ether oxygens (including phenoxy) is 1. The van der Waals surface area contributed by atoms with Crippen molar-refractivity contribution in [1.82, 2.24) is 0 Å². The zero-order chi connectivity index (χ0) is 20.1. The minimum absolute atomic E-state index is 0.124. The molecule has 0 spiro atoms. The molecule has 1 aliphatic rings. The van der Waals surface area contributed by atoms with Gasteiger partial charge in [0, 0.05) is 5.69 Å². The third kappa shape index (κ3) is 7.14. The Morgan fingerprint density at radius 1 is 1.26 bits per heavy atom. The lowest BCUT2D eigenvalue weighted by atomic mass is 10.0. The number of carbonyl (C=O) groups excluding carboxylic acids is 1. The van der Waals surface area contributed by atoms with Crippen LogP contribution >= 0.6 is 0 Å². The van der Waals surface area contributed by atoms with Crippen molar-refractivity contribution in [1.29, 1.82) is 0 Å². The minimum Gasteiger partial charge on any atom is -0.359 e. The first kappa shape index (κ1) is 21.7. The number of carbonyl (C=O) groups is 1. The molecule has 1 atom stereocenters. The number of hydrogen-bond donors (Lipinski definition) is 1. The maximum atomic E-state index is 12.6. The van der Waals surface area contributed by atoms with E-state index in [0.717, 1.165) is 19.3 Å². The molecular weight excluding hydrogens is 383 g/mol. The Bertz CT molecular complexity index is 743. The summed E-state index contributed by atoms with van der Waals surface area (Å²) in [6.45, 7) is -0.292. The molecule has 2 rings (SSSR count). The highest BCUT2D eigenvalue weighted by atomic mass is 32.2. The number of anilines is 1. The summed E-state index contributed by atoms with van der Waals surface area (Å²) in [5.41, 5.74) is 0.848. The van der Waals surface area contributed by atoms with E-state index in [-0.39, 0.29) is 11.0 Å².